The van der Waals surface area contributed by atoms with Gasteiger partial charge in [-0.3, -0.25) is 9.59 Å². The first-order valence-corrected chi connectivity index (χ1v) is 6.07. The molecule has 0 aliphatic rings. The first-order chi connectivity index (χ1) is 8.86. The third-order valence-electron chi connectivity index (χ3n) is 2.58. The van der Waals surface area contributed by atoms with Crippen LogP contribution in [0, 0.1) is 5.82 Å². The van der Waals surface area contributed by atoms with Crippen molar-refractivity contribution in [2.45, 2.75) is 19.9 Å². The highest BCUT2D eigenvalue weighted by molar-refractivity contribution is 6.30. The Kier molecular flexibility index (Phi) is 5.30. The Morgan fingerprint density at radius 1 is 1.42 bits per heavy atom. The third-order valence-corrected chi connectivity index (χ3v) is 2.88. The first kappa shape index (κ1) is 15.4. The number of methoxy groups -OCH3 is 1. The monoisotopic (exact) mass is 287 g/mol. The molecular weight excluding hydrogens is 273 g/mol. The molecule has 104 valence electrons. The molecule has 4 nitrogen and oxygen atoms in total. The van der Waals surface area contributed by atoms with Crippen molar-refractivity contribution in [2.75, 3.05) is 13.7 Å². The zero-order chi connectivity index (χ0) is 14.6. The minimum atomic E-state index is -0.672. The lowest BCUT2D eigenvalue weighted by Gasteiger charge is -2.25. The second-order valence-electron chi connectivity index (χ2n) is 4.23. The van der Waals surface area contributed by atoms with Gasteiger partial charge in [0.05, 0.1) is 12.1 Å². The summed E-state index contributed by atoms with van der Waals surface area (Å²) in [4.78, 5) is 24.8. The van der Waals surface area contributed by atoms with Crippen molar-refractivity contribution in [3.05, 3.63) is 34.6 Å². The Labute approximate surface area is 116 Å². The van der Waals surface area contributed by atoms with E-state index in [0.717, 1.165) is 6.07 Å². The minimum absolute atomic E-state index is 0.0550. The van der Waals surface area contributed by atoms with Crippen LogP contribution in [0.1, 0.15) is 24.2 Å². The molecule has 0 heterocycles. The van der Waals surface area contributed by atoms with Gasteiger partial charge in [0, 0.05) is 11.6 Å². The van der Waals surface area contributed by atoms with Gasteiger partial charge in [0.1, 0.15) is 12.4 Å². The van der Waals surface area contributed by atoms with Gasteiger partial charge >= 0.3 is 5.97 Å². The van der Waals surface area contributed by atoms with Crippen LogP contribution in [-0.2, 0) is 9.53 Å². The zero-order valence-corrected chi connectivity index (χ0v) is 11.7. The summed E-state index contributed by atoms with van der Waals surface area (Å²) in [6.07, 6.45) is 0. The van der Waals surface area contributed by atoms with Crippen molar-refractivity contribution in [3.8, 4) is 0 Å². The number of hydrogen-bond donors (Lipinski definition) is 0. The summed E-state index contributed by atoms with van der Waals surface area (Å²) in [6, 6.07) is 3.56. The van der Waals surface area contributed by atoms with Gasteiger partial charge in [-0.1, -0.05) is 11.6 Å². The molecule has 0 N–H and O–H groups in total. The van der Waals surface area contributed by atoms with Crippen molar-refractivity contribution in [1.29, 1.82) is 0 Å². The lowest BCUT2D eigenvalue weighted by atomic mass is 10.1. The summed E-state index contributed by atoms with van der Waals surface area (Å²) in [5, 5.41) is -0.0550. The molecule has 0 saturated carbocycles. The molecule has 0 fully saturated rings. The Balaban J connectivity index is 2.99. The molecule has 1 aromatic rings. The van der Waals surface area contributed by atoms with Gasteiger partial charge in [-0.25, -0.2) is 4.39 Å². The van der Waals surface area contributed by atoms with E-state index in [-0.39, 0.29) is 23.2 Å². The van der Waals surface area contributed by atoms with Gasteiger partial charge in [-0.15, -0.1) is 0 Å². The SMILES string of the molecule is COC(=O)CN(C(=O)c1ccc(Cl)c(F)c1)C(C)C. The van der Waals surface area contributed by atoms with Crippen LogP contribution in [0.15, 0.2) is 18.2 Å². The van der Waals surface area contributed by atoms with Crippen molar-refractivity contribution < 1.29 is 18.7 Å². The number of rotatable bonds is 4. The number of ether oxygens (including phenoxy) is 1. The average molecular weight is 288 g/mol. The van der Waals surface area contributed by atoms with Crippen LogP contribution < -0.4 is 0 Å². The van der Waals surface area contributed by atoms with Crippen molar-refractivity contribution >= 4 is 23.5 Å². The highest BCUT2D eigenvalue weighted by atomic mass is 35.5. The quantitative estimate of drug-likeness (QED) is 0.800. The maximum Gasteiger partial charge on any atom is 0.325 e. The molecule has 0 aromatic heterocycles. The number of amides is 1. The van der Waals surface area contributed by atoms with Crippen LogP contribution in [0.5, 0.6) is 0 Å². The Bertz CT molecular complexity index is 491. The number of nitrogens with zero attached hydrogens (tertiary/aromatic N) is 1. The topological polar surface area (TPSA) is 46.6 Å². The molecule has 1 aromatic carbocycles. The van der Waals surface area contributed by atoms with Gasteiger partial charge in [-0.2, -0.15) is 0 Å². The second kappa shape index (κ2) is 6.52. The standard InChI is InChI=1S/C13H15ClFNO3/c1-8(2)16(7-12(17)19-3)13(18)9-4-5-10(14)11(15)6-9/h4-6,8H,7H2,1-3H3. The summed E-state index contributed by atoms with van der Waals surface area (Å²) in [6.45, 7) is 3.33. The van der Waals surface area contributed by atoms with Gasteiger partial charge in [0.25, 0.3) is 5.91 Å². The zero-order valence-electron chi connectivity index (χ0n) is 10.9. The van der Waals surface area contributed by atoms with Crippen molar-refractivity contribution in [1.82, 2.24) is 4.90 Å². The molecule has 1 rings (SSSR count). The molecule has 0 unspecified atom stereocenters. The Morgan fingerprint density at radius 3 is 2.53 bits per heavy atom. The molecule has 1 amide bonds. The van der Waals surface area contributed by atoms with E-state index in [9.17, 15) is 14.0 Å². The highest BCUT2D eigenvalue weighted by Gasteiger charge is 2.22. The predicted molar refractivity (Wildman–Crippen MR) is 69.6 cm³/mol. The van der Waals surface area contributed by atoms with Crippen LogP contribution in [-0.4, -0.2) is 36.5 Å². The lowest BCUT2D eigenvalue weighted by Crippen LogP contribution is -2.41. The van der Waals surface area contributed by atoms with Gasteiger partial charge < -0.3 is 9.64 Å². The predicted octanol–water partition coefficient (Wildman–Crippen LogP) is 2.50. The Hall–Kier alpha value is -1.62. The lowest BCUT2D eigenvalue weighted by molar-refractivity contribution is -0.141. The summed E-state index contributed by atoms with van der Waals surface area (Å²) in [5.41, 5.74) is 0.138. The summed E-state index contributed by atoms with van der Waals surface area (Å²) in [7, 11) is 1.24. The number of carbonyl (C=O) groups excluding carboxylic acids is 2. The molecule has 0 aliphatic heterocycles. The Morgan fingerprint density at radius 2 is 2.05 bits per heavy atom. The molecule has 0 saturated heterocycles. The molecule has 6 heteroatoms. The average Bonchev–Trinajstić information content (AvgIpc) is 2.37. The van der Waals surface area contributed by atoms with Crippen LogP contribution >= 0.6 is 11.6 Å². The normalized spacial score (nSPS) is 10.4. The van der Waals surface area contributed by atoms with E-state index >= 15 is 0 Å². The maximum atomic E-state index is 13.3. The molecule has 0 radical (unpaired) electrons. The first-order valence-electron chi connectivity index (χ1n) is 5.69. The summed E-state index contributed by atoms with van der Waals surface area (Å²) >= 11 is 5.56. The van der Waals surface area contributed by atoms with Crippen LogP contribution in [0.4, 0.5) is 4.39 Å². The fourth-order valence-corrected chi connectivity index (χ4v) is 1.61. The third kappa shape index (κ3) is 3.92. The number of esters is 1. The van der Waals surface area contributed by atoms with E-state index in [1.165, 1.54) is 24.1 Å². The molecule has 0 spiro atoms. The fraction of sp³-hybridized carbons (Fsp3) is 0.385. The van der Waals surface area contributed by atoms with Crippen LogP contribution in [0.3, 0.4) is 0 Å². The second-order valence-corrected chi connectivity index (χ2v) is 4.64. The van der Waals surface area contributed by atoms with Crippen LogP contribution in [0.25, 0.3) is 0 Å². The summed E-state index contributed by atoms with van der Waals surface area (Å²) < 4.78 is 17.9. The fourth-order valence-electron chi connectivity index (χ4n) is 1.49. The molecule has 0 bridgehead atoms. The van der Waals surface area contributed by atoms with Crippen LogP contribution in [0.2, 0.25) is 5.02 Å². The van der Waals surface area contributed by atoms with E-state index in [1.807, 2.05) is 0 Å². The van der Waals surface area contributed by atoms with E-state index in [1.54, 1.807) is 13.8 Å². The van der Waals surface area contributed by atoms with E-state index in [2.05, 4.69) is 4.74 Å². The smallest absolute Gasteiger partial charge is 0.325 e. The van der Waals surface area contributed by atoms with Crippen molar-refractivity contribution in [2.24, 2.45) is 0 Å². The molecule has 19 heavy (non-hydrogen) atoms. The summed E-state index contributed by atoms with van der Waals surface area (Å²) in [5.74, 6) is -1.65. The number of carbonyl (C=O) groups is 2. The minimum Gasteiger partial charge on any atom is -0.468 e. The van der Waals surface area contributed by atoms with Gasteiger partial charge in [0.15, 0.2) is 0 Å². The molecule has 0 aliphatic carbocycles. The van der Waals surface area contributed by atoms with Gasteiger partial charge in [0.2, 0.25) is 0 Å². The van der Waals surface area contributed by atoms with E-state index in [0.29, 0.717) is 0 Å². The van der Waals surface area contributed by atoms with E-state index in [4.69, 9.17) is 11.6 Å². The highest BCUT2D eigenvalue weighted by Crippen LogP contribution is 2.17. The maximum absolute atomic E-state index is 13.3. The number of benzene rings is 1. The largest absolute Gasteiger partial charge is 0.468 e. The molecular formula is C13H15ClFNO3. The number of halogens is 2. The van der Waals surface area contributed by atoms with Crippen molar-refractivity contribution in [3.63, 3.8) is 0 Å². The molecule has 0 atom stereocenters. The number of hydrogen-bond acceptors (Lipinski definition) is 3. The van der Waals surface area contributed by atoms with E-state index < -0.39 is 17.7 Å². The van der Waals surface area contributed by atoms with Gasteiger partial charge in [-0.05, 0) is 32.0 Å².